The zero-order valence-corrected chi connectivity index (χ0v) is 18.6. The van der Waals surface area contributed by atoms with Gasteiger partial charge in [-0.05, 0) is 54.4 Å². The van der Waals surface area contributed by atoms with Crippen molar-refractivity contribution < 1.29 is 14.4 Å². The second kappa shape index (κ2) is 12.0. The molecule has 3 amide bonds. The summed E-state index contributed by atoms with van der Waals surface area (Å²) in [6.45, 7) is 2.45. The molecule has 170 valence electrons. The van der Waals surface area contributed by atoms with Crippen molar-refractivity contribution in [2.75, 3.05) is 22.5 Å². The Labute approximate surface area is 193 Å². The monoisotopic (exact) mass is 444 g/mol. The van der Waals surface area contributed by atoms with Crippen LogP contribution in [-0.4, -0.2) is 24.3 Å². The molecule has 0 heterocycles. The highest BCUT2D eigenvalue weighted by atomic mass is 16.2. The van der Waals surface area contributed by atoms with Crippen molar-refractivity contribution >= 4 is 34.8 Å². The highest BCUT2D eigenvalue weighted by Crippen LogP contribution is 2.15. The van der Waals surface area contributed by atoms with Crippen LogP contribution in [-0.2, 0) is 16.1 Å². The van der Waals surface area contributed by atoms with Gasteiger partial charge in [0.1, 0.15) is 0 Å². The lowest BCUT2D eigenvalue weighted by Crippen LogP contribution is -2.24. The van der Waals surface area contributed by atoms with Crippen LogP contribution in [0.4, 0.5) is 17.1 Å². The molecule has 0 spiro atoms. The first kappa shape index (κ1) is 23.5. The quantitative estimate of drug-likeness (QED) is 0.372. The van der Waals surface area contributed by atoms with E-state index in [1.165, 1.54) is 0 Å². The molecule has 3 aromatic carbocycles. The van der Waals surface area contributed by atoms with E-state index in [9.17, 15) is 14.4 Å². The van der Waals surface area contributed by atoms with E-state index in [2.05, 4.69) is 21.3 Å². The molecule has 0 aliphatic carbocycles. The molecular weight excluding hydrogens is 416 g/mol. The Kier molecular flexibility index (Phi) is 8.59. The van der Waals surface area contributed by atoms with Gasteiger partial charge in [-0.1, -0.05) is 43.3 Å². The number of carbonyl (C=O) groups is 3. The molecule has 4 N–H and O–H groups in total. The Bertz CT molecular complexity index is 1080. The van der Waals surface area contributed by atoms with Gasteiger partial charge in [0.05, 0.1) is 6.54 Å². The van der Waals surface area contributed by atoms with Gasteiger partial charge in [-0.2, -0.15) is 0 Å². The van der Waals surface area contributed by atoms with Gasteiger partial charge in [-0.15, -0.1) is 0 Å². The summed E-state index contributed by atoms with van der Waals surface area (Å²) in [5, 5.41) is 11.5. The van der Waals surface area contributed by atoms with Gasteiger partial charge in [0, 0.05) is 35.6 Å². The van der Waals surface area contributed by atoms with Crippen LogP contribution in [0.15, 0.2) is 78.9 Å². The van der Waals surface area contributed by atoms with E-state index < -0.39 is 0 Å². The van der Waals surface area contributed by atoms with Crippen LogP contribution >= 0.6 is 0 Å². The molecule has 7 heteroatoms. The first-order valence-electron chi connectivity index (χ1n) is 10.9. The van der Waals surface area contributed by atoms with Gasteiger partial charge >= 0.3 is 0 Å². The number of carbonyl (C=O) groups excluding carboxylic acids is 3. The van der Waals surface area contributed by atoms with E-state index in [4.69, 9.17) is 0 Å². The summed E-state index contributed by atoms with van der Waals surface area (Å²) in [7, 11) is 0. The average Bonchev–Trinajstić information content (AvgIpc) is 2.83. The molecule has 0 saturated carbocycles. The lowest BCUT2D eigenvalue weighted by molar-refractivity contribution is -0.116. The topological polar surface area (TPSA) is 99.3 Å². The first-order chi connectivity index (χ1) is 16.0. The fourth-order valence-corrected chi connectivity index (χ4v) is 3.13. The molecule has 0 saturated heterocycles. The SMILES string of the molecule is CCCC(=O)Nc1ccc(NCC(=O)Nc2cccc(C(=O)NCc3ccccc3)c2)cc1. The predicted octanol–water partition coefficient (Wildman–Crippen LogP) is 4.41. The minimum absolute atomic E-state index is 0.0198. The van der Waals surface area contributed by atoms with Crippen molar-refractivity contribution in [1.82, 2.24) is 5.32 Å². The Morgan fingerprint density at radius 3 is 2.15 bits per heavy atom. The highest BCUT2D eigenvalue weighted by Gasteiger charge is 2.08. The Balaban J connectivity index is 1.47. The summed E-state index contributed by atoms with van der Waals surface area (Å²) in [6.07, 6.45) is 1.28. The van der Waals surface area contributed by atoms with Gasteiger partial charge in [0.2, 0.25) is 11.8 Å². The van der Waals surface area contributed by atoms with Gasteiger partial charge in [-0.25, -0.2) is 0 Å². The number of hydrogen-bond donors (Lipinski definition) is 4. The van der Waals surface area contributed by atoms with Crippen molar-refractivity contribution in [1.29, 1.82) is 0 Å². The number of amides is 3. The van der Waals surface area contributed by atoms with E-state index in [0.29, 0.717) is 29.9 Å². The van der Waals surface area contributed by atoms with Crippen molar-refractivity contribution in [3.63, 3.8) is 0 Å². The molecule has 33 heavy (non-hydrogen) atoms. The maximum absolute atomic E-state index is 12.4. The van der Waals surface area contributed by atoms with Gasteiger partial charge in [0.25, 0.3) is 5.91 Å². The molecule has 0 bridgehead atoms. The van der Waals surface area contributed by atoms with Gasteiger partial charge in [0.15, 0.2) is 0 Å². The summed E-state index contributed by atoms with van der Waals surface area (Å²) in [4.78, 5) is 36.4. The van der Waals surface area contributed by atoms with Gasteiger partial charge in [-0.3, -0.25) is 14.4 Å². The highest BCUT2D eigenvalue weighted by molar-refractivity contribution is 5.98. The molecule has 7 nitrogen and oxygen atoms in total. The van der Waals surface area contributed by atoms with Gasteiger partial charge < -0.3 is 21.3 Å². The Hall–Kier alpha value is -4.13. The Morgan fingerprint density at radius 2 is 1.42 bits per heavy atom. The lowest BCUT2D eigenvalue weighted by Gasteiger charge is -2.10. The largest absolute Gasteiger partial charge is 0.376 e. The minimum Gasteiger partial charge on any atom is -0.376 e. The van der Waals surface area contributed by atoms with E-state index in [-0.39, 0.29) is 24.3 Å². The van der Waals surface area contributed by atoms with Crippen molar-refractivity contribution in [2.45, 2.75) is 26.3 Å². The van der Waals surface area contributed by atoms with Crippen LogP contribution < -0.4 is 21.3 Å². The van der Waals surface area contributed by atoms with Crippen LogP contribution in [0.5, 0.6) is 0 Å². The van der Waals surface area contributed by atoms with Crippen LogP contribution in [0.3, 0.4) is 0 Å². The van der Waals surface area contributed by atoms with Crippen LogP contribution in [0.2, 0.25) is 0 Å². The number of rotatable bonds is 10. The molecule has 0 radical (unpaired) electrons. The zero-order chi connectivity index (χ0) is 23.5. The molecule has 3 aromatic rings. The number of anilines is 3. The van der Waals surface area contributed by atoms with Crippen LogP contribution in [0, 0.1) is 0 Å². The summed E-state index contributed by atoms with van der Waals surface area (Å²) < 4.78 is 0. The molecule has 0 aromatic heterocycles. The fraction of sp³-hybridized carbons (Fsp3) is 0.192. The lowest BCUT2D eigenvalue weighted by atomic mass is 10.1. The van der Waals surface area contributed by atoms with Crippen molar-refractivity contribution in [3.8, 4) is 0 Å². The number of nitrogens with one attached hydrogen (secondary N) is 4. The molecule has 0 fully saturated rings. The summed E-state index contributed by atoms with van der Waals surface area (Å²) in [6, 6.07) is 23.6. The average molecular weight is 445 g/mol. The smallest absolute Gasteiger partial charge is 0.251 e. The van der Waals surface area contributed by atoms with E-state index in [1.54, 1.807) is 48.5 Å². The number of hydrogen-bond acceptors (Lipinski definition) is 4. The summed E-state index contributed by atoms with van der Waals surface area (Å²) in [5.41, 5.74) is 3.50. The van der Waals surface area contributed by atoms with Crippen molar-refractivity contribution in [2.24, 2.45) is 0 Å². The summed E-state index contributed by atoms with van der Waals surface area (Å²) >= 11 is 0. The van der Waals surface area contributed by atoms with Crippen molar-refractivity contribution in [3.05, 3.63) is 90.0 Å². The molecule has 0 unspecified atom stereocenters. The third-order valence-corrected chi connectivity index (χ3v) is 4.80. The molecule has 3 rings (SSSR count). The normalized spacial score (nSPS) is 10.2. The summed E-state index contributed by atoms with van der Waals surface area (Å²) in [5.74, 6) is -0.468. The predicted molar refractivity (Wildman–Crippen MR) is 131 cm³/mol. The zero-order valence-electron chi connectivity index (χ0n) is 18.6. The maximum Gasteiger partial charge on any atom is 0.251 e. The van der Waals surface area contributed by atoms with E-state index >= 15 is 0 Å². The second-order valence-corrected chi connectivity index (χ2v) is 7.53. The third-order valence-electron chi connectivity index (χ3n) is 4.80. The molecule has 0 aliphatic heterocycles. The van der Waals surface area contributed by atoms with Crippen LogP contribution in [0.25, 0.3) is 0 Å². The minimum atomic E-state index is -0.239. The second-order valence-electron chi connectivity index (χ2n) is 7.53. The molecular formula is C26H28N4O3. The third kappa shape index (κ3) is 7.81. The maximum atomic E-state index is 12.4. The van der Waals surface area contributed by atoms with Crippen LogP contribution in [0.1, 0.15) is 35.7 Å². The standard InChI is InChI=1S/C26H28N4O3/c1-2-7-24(31)29-22-14-12-21(13-15-22)27-18-25(32)30-23-11-6-10-20(16-23)26(33)28-17-19-8-4-3-5-9-19/h3-6,8-16,27H,2,7,17-18H2,1H3,(H,28,33)(H,29,31)(H,30,32). The molecule has 0 atom stereocenters. The first-order valence-corrected chi connectivity index (χ1v) is 10.9. The molecule has 0 aliphatic rings. The Morgan fingerprint density at radius 1 is 0.727 bits per heavy atom. The van der Waals surface area contributed by atoms with E-state index in [0.717, 1.165) is 17.7 Å². The number of benzene rings is 3. The fourth-order valence-electron chi connectivity index (χ4n) is 3.13. The van der Waals surface area contributed by atoms with E-state index in [1.807, 2.05) is 37.3 Å².